The Morgan fingerprint density at radius 1 is 1.32 bits per heavy atom. The molecule has 3 nitrogen and oxygen atoms in total. The highest BCUT2D eigenvalue weighted by Gasteiger charge is 2.14. The van der Waals surface area contributed by atoms with Gasteiger partial charge in [0.25, 0.3) is 0 Å². The van der Waals surface area contributed by atoms with E-state index >= 15 is 0 Å². The Labute approximate surface area is 118 Å². The number of piperidine rings is 1. The molecule has 0 saturated carbocycles. The quantitative estimate of drug-likeness (QED) is 0.899. The maximum Gasteiger partial charge on any atom is 0.184 e. The first-order chi connectivity index (χ1) is 9.22. The molecule has 0 amide bonds. The van der Waals surface area contributed by atoms with Crippen molar-refractivity contribution in [2.45, 2.75) is 38.6 Å². The van der Waals surface area contributed by atoms with Crippen molar-refractivity contribution < 1.29 is 0 Å². The second-order valence-electron chi connectivity index (χ2n) is 5.57. The summed E-state index contributed by atoms with van der Waals surface area (Å²) < 4.78 is 1.29. The fraction of sp³-hybridized carbons (Fsp3) is 0.533. The van der Waals surface area contributed by atoms with Gasteiger partial charge in [-0.25, -0.2) is 4.98 Å². The first-order valence-corrected chi connectivity index (χ1v) is 7.92. The van der Waals surface area contributed by atoms with E-state index in [0.29, 0.717) is 12.0 Å². The van der Waals surface area contributed by atoms with E-state index < -0.39 is 0 Å². The molecular weight excluding hydrogens is 254 g/mol. The van der Waals surface area contributed by atoms with Crippen molar-refractivity contribution in [1.29, 1.82) is 0 Å². The average Bonchev–Trinajstić information content (AvgIpc) is 2.80. The summed E-state index contributed by atoms with van der Waals surface area (Å²) in [6.07, 6.45) is 2.38. The normalized spacial score (nSPS) is 17.2. The summed E-state index contributed by atoms with van der Waals surface area (Å²) in [6, 6.07) is 7.20. The lowest BCUT2D eigenvalue weighted by Gasteiger charge is -2.23. The van der Waals surface area contributed by atoms with E-state index in [-0.39, 0.29) is 0 Å². The highest BCUT2D eigenvalue weighted by molar-refractivity contribution is 7.22. The van der Waals surface area contributed by atoms with Gasteiger partial charge >= 0.3 is 0 Å². The number of hydrogen-bond acceptors (Lipinski definition) is 4. The van der Waals surface area contributed by atoms with Crippen molar-refractivity contribution in [3.63, 3.8) is 0 Å². The summed E-state index contributed by atoms with van der Waals surface area (Å²) in [6.45, 7) is 6.69. The van der Waals surface area contributed by atoms with Gasteiger partial charge in [0, 0.05) is 6.04 Å². The van der Waals surface area contributed by atoms with Crippen LogP contribution in [0.3, 0.4) is 0 Å². The molecule has 2 heterocycles. The first kappa shape index (κ1) is 12.9. The molecule has 1 aliphatic rings. The van der Waals surface area contributed by atoms with Crippen LogP contribution in [0.25, 0.3) is 10.2 Å². The maximum absolute atomic E-state index is 4.69. The van der Waals surface area contributed by atoms with Gasteiger partial charge in [0.1, 0.15) is 0 Å². The van der Waals surface area contributed by atoms with E-state index in [1.165, 1.54) is 23.1 Å². The van der Waals surface area contributed by atoms with Gasteiger partial charge in [0.2, 0.25) is 0 Å². The van der Waals surface area contributed by atoms with Crippen LogP contribution in [0.15, 0.2) is 18.2 Å². The standard InChI is InChI=1S/C15H21N3S/c1-10(2)11-3-4-13-14(9-11)19-15(18-13)17-12-5-7-16-8-6-12/h3-4,9-10,12,16H,5-8H2,1-2H3,(H,17,18). The Morgan fingerprint density at radius 3 is 2.84 bits per heavy atom. The summed E-state index contributed by atoms with van der Waals surface area (Å²) in [5.74, 6) is 0.576. The molecule has 1 aromatic carbocycles. The molecular formula is C15H21N3S. The fourth-order valence-corrected chi connectivity index (χ4v) is 3.49. The number of nitrogens with zero attached hydrogens (tertiary/aromatic N) is 1. The van der Waals surface area contributed by atoms with Crippen molar-refractivity contribution >= 4 is 26.7 Å². The van der Waals surface area contributed by atoms with Crippen LogP contribution in [0.5, 0.6) is 0 Å². The molecule has 0 unspecified atom stereocenters. The predicted molar refractivity (Wildman–Crippen MR) is 83.2 cm³/mol. The minimum absolute atomic E-state index is 0.575. The topological polar surface area (TPSA) is 37.0 Å². The van der Waals surface area contributed by atoms with Crippen LogP contribution in [0.1, 0.15) is 38.2 Å². The van der Waals surface area contributed by atoms with E-state index in [1.807, 2.05) is 0 Å². The average molecular weight is 275 g/mol. The molecule has 102 valence electrons. The van der Waals surface area contributed by atoms with E-state index in [0.717, 1.165) is 23.7 Å². The van der Waals surface area contributed by atoms with Crippen LogP contribution in [0.2, 0.25) is 0 Å². The zero-order valence-electron chi connectivity index (χ0n) is 11.6. The minimum atomic E-state index is 0.575. The molecule has 1 aromatic heterocycles. The lowest BCUT2D eigenvalue weighted by Crippen LogP contribution is -2.35. The van der Waals surface area contributed by atoms with Crippen molar-refractivity contribution in [2.24, 2.45) is 0 Å². The minimum Gasteiger partial charge on any atom is -0.359 e. The van der Waals surface area contributed by atoms with Gasteiger partial charge in [0.15, 0.2) is 5.13 Å². The number of anilines is 1. The largest absolute Gasteiger partial charge is 0.359 e. The van der Waals surface area contributed by atoms with Gasteiger partial charge < -0.3 is 10.6 Å². The summed E-state index contributed by atoms with van der Waals surface area (Å²) in [5.41, 5.74) is 2.51. The van der Waals surface area contributed by atoms with Gasteiger partial charge in [-0.1, -0.05) is 31.3 Å². The third-order valence-corrected chi connectivity index (χ3v) is 4.70. The summed E-state index contributed by atoms with van der Waals surface area (Å²) in [7, 11) is 0. The third kappa shape index (κ3) is 2.90. The molecule has 4 heteroatoms. The van der Waals surface area contributed by atoms with Crippen LogP contribution in [-0.2, 0) is 0 Å². The Morgan fingerprint density at radius 2 is 2.11 bits per heavy atom. The summed E-state index contributed by atoms with van der Waals surface area (Å²) in [5, 5.41) is 8.05. The highest BCUT2D eigenvalue weighted by Crippen LogP contribution is 2.29. The molecule has 0 atom stereocenters. The number of hydrogen-bond donors (Lipinski definition) is 2. The van der Waals surface area contributed by atoms with Gasteiger partial charge in [-0.2, -0.15) is 0 Å². The van der Waals surface area contributed by atoms with Crippen molar-refractivity contribution in [2.75, 3.05) is 18.4 Å². The predicted octanol–water partition coefficient (Wildman–Crippen LogP) is 3.58. The molecule has 2 N–H and O–H groups in total. The van der Waals surface area contributed by atoms with Crippen LogP contribution < -0.4 is 10.6 Å². The molecule has 0 radical (unpaired) electrons. The fourth-order valence-electron chi connectivity index (χ4n) is 2.50. The molecule has 0 bridgehead atoms. The van der Waals surface area contributed by atoms with Crippen molar-refractivity contribution in [3.05, 3.63) is 23.8 Å². The number of benzene rings is 1. The van der Waals surface area contributed by atoms with E-state index in [2.05, 4.69) is 42.7 Å². The van der Waals surface area contributed by atoms with Crippen molar-refractivity contribution in [1.82, 2.24) is 10.3 Å². The molecule has 1 aliphatic heterocycles. The van der Waals surface area contributed by atoms with Crippen molar-refractivity contribution in [3.8, 4) is 0 Å². The lowest BCUT2D eigenvalue weighted by molar-refractivity contribution is 0.479. The van der Waals surface area contributed by atoms with Gasteiger partial charge in [0.05, 0.1) is 10.2 Å². The second-order valence-corrected chi connectivity index (χ2v) is 6.60. The molecule has 0 aliphatic carbocycles. The monoisotopic (exact) mass is 275 g/mol. The zero-order valence-corrected chi connectivity index (χ0v) is 12.4. The van der Waals surface area contributed by atoms with Crippen LogP contribution in [-0.4, -0.2) is 24.1 Å². The maximum atomic E-state index is 4.69. The van der Waals surface area contributed by atoms with Gasteiger partial charge in [-0.05, 0) is 49.5 Å². The van der Waals surface area contributed by atoms with Crippen LogP contribution in [0.4, 0.5) is 5.13 Å². The highest BCUT2D eigenvalue weighted by atomic mass is 32.1. The summed E-state index contributed by atoms with van der Waals surface area (Å²) >= 11 is 1.78. The Bertz CT molecular complexity index is 556. The Kier molecular flexibility index (Phi) is 3.71. The summed E-state index contributed by atoms with van der Waals surface area (Å²) in [4.78, 5) is 4.69. The molecule has 2 aromatic rings. The third-order valence-electron chi connectivity index (χ3n) is 3.75. The van der Waals surface area contributed by atoms with Gasteiger partial charge in [-0.3, -0.25) is 0 Å². The van der Waals surface area contributed by atoms with E-state index in [1.54, 1.807) is 11.3 Å². The molecule has 1 saturated heterocycles. The zero-order chi connectivity index (χ0) is 13.2. The molecule has 1 fully saturated rings. The second kappa shape index (κ2) is 5.47. The molecule has 0 spiro atoms. The molecule has 3 rings (SSSR count). The van der Waals surface area contributed by atoms with E-state index in [9.17, 15) is 0 Å². The Hall–Kier alpha value is -1.13. The van der Waals surface area contributed by atoms with Crippen LogP contribution in [0, 0.1) is 0 Å². The number of nitrogens with one attached hydrogen (secondary N) is 2. The number of rotatable bonds is 3. The number of aromatic nitrogens is 1. The van der Waals surface area contributed by atoms with Gasteiger partial charge in [-0.15, -0.1) is 0 Å². The van der Waals surface area contributed by atoms with Crippen LogP contribution >= 0.6 is 11.3 Å². The first-order valence-electron chi connectivity index (χ1n) is 7.10. The van der Waals surface area contributed by atoms with E-state index in [4.69, 9.17) is 4.98 Å². The number of thiazole rings is 1. The Balaban J connectivity index is 1.80. The lowest BCUT2D eigenvalue weighted by atomic mass is 10.0. The number of fused-ring (bicyclic) bond motifs is 1. The SMILES string of the molecule is CC(C)c1ccc2nc(NC3CCNCC3)sc2c1. The smallest absolute Gasteiger partial charge is 0.184 e. The molecule has 19 heavy (non-hydrogen) atoms.